The van der Waals surface area contributed by atoms with Crippen LogP contribution in [0.15, 0.2) is 0 Å². The Morgan fingerprint density at radius 3 is 1.71 bits per heavy atom. The van der Waals surface area contributed by atoms with Gasteiger partial charge in [-0.2, -0.15) is 0 Å². The topological polar surface area (TPSA) is 37.4 Å². The zero-order valence-electron chi connectivity index (χ0n) is 10.4. The van der Waals surface area contributed by atoms with E-state index in [0.29, 0.717) is 0 Å². The van der Waals surface area contributed by atoms with Crippen molar-refractivity contribution in [3.8, 4) is 0 Å². The fourth-order valence-corrected chi connectivity index (χ4v) is 3.89. The summed E-state index contributed by atoms with van der Waals surface area (Å²) < 4.78 is 0. The average molecular weight is 235 g/mol. The molecule has 3 rings (SSSR count). The van der Waals surface area contributed by atoms with Crippen molar-refractivity contribution >= 4 is 11.8 Å². The molecule has 17 heavy (non-hydrogen) atoms. The first-order valence-corrected chi connectivity index (χ1v) is 7.16. The lowest BCUT2D eigenvalue weighted by Crippen LogP contribution is -2.41. The molecule has 3 nitrogen and oxygen atoms in total. The molecular weight excluding hydrogens is 214 g/mol. The first kappa shape index (κ1) is 11.2. The van der Waals surface area contributed by atoms with E-state index >= 15 is 0 Å². The Balaban J connectivity index is 1.80. The lowest BCUT2D eigenvalue weighted by molar-refractivity contribution is -0.143. The van der Waals surface area contributed by atoms with Crippen LogP contribution in [0.5, 0.6) is 0 Å². The Kier molecular flexibility index (Phi) is 2.93. The smallest absolute Gasteiger partial charge is 0.233 e. The maximum atomic E-state index is 12.4. The van der Waals surface area contributed by atoms with Crippen molar-refractivity contribution < 1.29 is 9.59 Å². The molecule has 1 aliphatic heterocycles. The highest BCUT2D eigenvalue weighted by atomic mass is 16.2. The van der Waals surface area contributed by atoms with Crippen LogP contribution in [0.4, 0.5) is 0 Å². The van der Waals surface area contributed by atoms with E-state index in [1.165, 1.54) is 19.3 Å². The van der Waals surface area contributed by atoms with Gasteiger partial charge in [0.1, 0.15) is 0 Å². The predicted octanol–water partition coefficient (Wildman–Crippen LogP) is 2.49. The SMILES string of the molecule is O=C1C2CCCCC2C(=O)N1C1CCCCC1. The molecule has 2 amide bonds. The van der Waals surface area contributed by atoms with Gasteiger partial charge in [0.05, 0.1) is 11.8 Å². The van der Waals surface area contributed by atoms with E-state index in [9.17, 15) is 9.59 Å². The van der Waals surface area contributed by atoms with E-state index < -0.39 is 0 Å². The maximum absolute atomic E-state index is 12.4. The number of hydrogen-bond donors (Lipinski definition) is 0. The Morgan fingerprint density at radius 2 is 1.18 bits per heavy atom. The van der Waals surface area contributed by atoms with E-state index in [4.69, 9.17) is 0 Å². The maximum Gasteiger partial charge on any atom is 0.233 e. The molecule has 0 spiro atoms. The predicted molar refractivity (Wildman–Crippen MR) is 64.2 cm³/mol. The minimum Gasteiger partial charge on any atom is -0.279 e. The van der Waals surface area contributed by atoms with Gasteiger partial charge >= 0.3 is 0 Å². The van der Waals surface area contributed by atoms with Crippen molar-refractivity contribution in [3.05, 3.63) is 0 Å². The van der Waals surface area contributed by atoms with Gasteiger partial charge in [-0.1, -0.05) is 32.1 Å². The molecule has 0 bridgehead atoms. The zero-order valence-corrected chi connectivity index (χ0v) is 10.4. The Labute approximate surface area is 103 Å². The first-order chi connectivity index (χ1) is 8.29. The normalized spacial score (nSPS) is 35.2. The minimum atomic E-state index is 0.0400. The van der Waals surface area contributed by atoms with Gasteiger partial charge in [0, 0.05) is 6.04 Å². The Morgan fingerprint density at radius 1 is 0.706 bits per heavy atom. The quantitative estimate of drug-likeness (QED) is 0.655. The number of carbonyl (C=O) groups is 2. The van der Waals surface area contributed by atoms with Gasteiger partial charge in [-0.3, -0.25) is 14.5 Å². The lowest BCUT2D eigenvalue weighted by Gasteiger charge is -2.29. The largest absolute Gasteiger partial charge is 0.279 e. The molecule has 3 aliphatic rings. The second-order valence-corrected chi connectivity index (χ2v) is 5.84. The van der Waals surface area contributed by atoms with E-state index in [0.717, 1.165) is 38.5 Å². The van der Waals surface area contributed by atoms with Crippen LogP contribution in [0.1, 0.15) is 57.8 Å². The van der Waals surface area contributed by atoms with Gasteiger partial charge in [0.25, 0.3) is 0 Å². The van der Waals surface area contributed by atoms with Gasteiger partial charge in [-0.25, -0.2) is 0 Å². The van der Waals surface area contributed by atoms with Crippen LogP contribution in [0.25, 0.3) is 0 Å². The number of rotatable bonds is 1. The standard InChI is InChI=1S/C14H21NO2/c16-13-11-8-4-5-9-12(11)14(17)15(13)10-6-2-1-3-7-10/h10-12H,1-9H2. The molecule has 1 saturated heterocycles. The van der Waals surface area contributed by atoms with Gasteiger partial charge < -0.3 is 0 Å². The fourth-order valence-electron chi connectivity index (χ4n) is 3.89. The van der Waals surface area contributed by atoms with Crippen LogP contribution in [0.3, 0.4) is 0 Å². The zero-order chi connectivity index (χ0) is 11.8. The van der Waals surface area contributed by atoms with Crippen molar-refractivity contribution in [1.29, 1.82) is 0 Å². The molecule has 3 heteroatoms. The van der Waals surface area contributed by atoms with Crippen molar-refractivity contribution in [2.24, 2.45) is 11.8 Å². The lowest BCUT2D eigenvalue weighted by atomic mass is 9.81. The summed E-state index contributed by atoms with van der Waals surface area (Å²) in [6.45, 7) is 0. The number of likely N-dealkylation sites (tertiary alicyclic amines) is 1. The highest BCUT2D eigenvalue weighted by Crippen LogP contribution is 2.40. The molecule has 0 N–H and O–H groups in total. The Hall–Kier alpha value is -0.860. The summed E-state index contributed by atoms with van der Waals surface area (Å²) in [4.78, 5) is 26.4. The van der Waals surface area contributed by atoms with E-state index in [-0.39, 0.29) is 29.7 Å². The third kappa shape index (κ3) is 1.80. The summed E-state index contributed by atoms with van der Waals surface area (Å²) in [6.07, 6.45) is 9.83. The summed E-state index contributed by atoms with van der Waals surface area (Å²) in [5.41, 5.74) is 0. The molecule has 0 aromatic rings. The summed E-state index contributed by atoms with van der Waals surface area (Å²) in [5, 5.41) is 0. The van der Waals surface area contributed by atoms with Crippen LogP contribution in [-0.2, 0) is 9.59 Å². The van der Waals surface area contributed by atoms with Crippen LogP contribution < -0.4 is 0 Å². The molecule has 1 heterocycles. The van der Waals surface area contributed by atoms with Gasteiger partial charge in [0.15, 0.2) is 0 Å². The fraction of sp³-hybridized carbons (Fsp3) is 0.857. The number of imide groups is 1. The average Bonchev–Trinajstić information content (AvgIpc) is 2.64. The minimum absolute atomic E-state index is 0.0400. The molecule has 2 saturated carbocycles. The van der Waals surface area contributed by atoms with Crippen molar-refractivity contribution in [2.75, 3.05) is 0 Å². The number of nitrogens with zero attached hydrogens (tertiary/aromatic N) is 1. The van der Waals surface area contributed by atoms with E-state index in [1.54, 1.807) is 4.90 Å². The molecule has 2 atom stereocenters. The Bertz CT molecular complexity index is 309. The number of fused-ring (bicyclic) bond motifs is 1. The van der Waals surface area contributed by atoms with Gasteiger partial charge in [-0.15, -0.1) is 0 Å². The van der Waals surface area contributed by atoms with Crippen molar-refractivity contribution in [3.63, 3.8) is 0 Å². The molecule has 3 fully saturated rings. The molecule has 0 radical (unpaired) electrons. The van der Waals surface area contributed by atoms with Crippen molar-refractivity contribution in [2.45, 2.75) is 63.8 Å². The third-order valence-corrected chi connectivity index (χ3v) is 4.82. The van der Waals surface area contributed by atoms with Gasteiger partial charge in [-0.05, 0) is 25.7 Å². The second kappa shape index (κ2) is 4.43. The first-order valence-electron chi connectivity index (χ1n) is 7.16. The molecular formula is C14H21NO2. The van der Waals surface area contributed by atoms with Crippen LogP contribution in [0.2, 0.25) is 0 Å². The van der Waals surface area contributed by atoms with Crippen molar-refractivity contribution in [1.82, 2.24) is 4.90 Å². The van der Waals surface area contributed by atoms with Crippen LogP contribution in [0, 0.1) is 11.8 Å². The molecule has 0 aromatic heterocycles. The van der Waals surface area contributed by atoms with Gasteiger partial charge in [0.2, 0.25) is 11.8 Å². The molecule has 2 aliphatic carbocycles. The highest BCUT2D eigenvalue weighted by molar-refractivity contribution is 6.05. The number of carbonyl (C=O) groups excluding carboxylic acids is 2. The monoisotopic (exact) mass is 235 g/mol. The number of hydrogen-bond acceptors (Lipinski definition) is 2. The summed E-state index contributed by atoms with van der Waals surface area (Å²) in [7, 11) is 0. The van der Waals surface area contributed by atoms with E-state index in [2.05, 4.69) is 0 Å². The second-order valence-electron chi connectivity index (χ2n) is 5.84. The van der Waals surface area contributed by atoms with Crippen LogP contribution in [-0.4, -0.2) is 22.8 Å². The summed E-state index contributed by atoms with van der Waals surface area (Å²) in [5.74, 6) is 0.398. The third-order valence-electron chi connectivity index (χ3n) is 4.82. The van der Waals surface area contributed by atoms with E-state index in [1.807, 2.05) is 0 Å². The molecule has 0 aromatic carbocycles. The number of amides is 2. The summed E-state index contributed by atoms with van der Waals surface area (Å²) >= 11 is 0. The molecule has 2 unspecified atom stereocenters. The highest BCUT2D eigenvalue weighted by Gasteiger charge is 2.50. The molecule has 94 valence electrons. The summed E-state index contributed by atoms with van der Waals surface area (Å²) in [6, 6.07) is 0.231. The van der Waals surface area contributed by atoms with Crippen LogP contribution >= 0.6 is 0 Å².